The minimum Gasteiger partial charge on any atom is -0.389 e. The first kappa shape index (κ1) is 18.8. The molecule has 4 nitrogen and oxygen atoms in total. The molecule has 0 bridgehead atoms. The molecule has 2 N–H and O–H groups in total. The number of nitrogens with one attached hydrogen (secondary N) is 1. The van der Waals surface area contributed by atoms with Crippen LogP contribution in [-0.4, -0.2) is 29.9 Å². The van der Waals surface area contributed by atoms with E-state index < -0.39 is 0 Å². The number of hydrogen-bond acceptors (Lipinski definition) is 3. The molecule has 1 rings (SSSR count). The summed E-state index contributed by atoms with van der Waals surface area (Å²) in [5, 5.41) is 11.5. The predicted octanol–water partition coefficient (Wildman–Crippen LogP) is 2.88. The van der Waals surface area contributed by atoms with E-state index in [1.807, 2.05) is 42.5 Å². The van der Waals surface area contributed by atoms with E-state index in [2.05, 4.69) is 5.32 Å². The number of benzene rings is 1. The predicted molar refractivity (Wildman–Crippen MR) is 92.8 cm³/mol. The first-order valence-electron chi connectivity index (χ1n) is 7.94. The Balaban J connectivity index is 2.22. The molecule has 4 heteroatoms. The monoisotopic (exact) mass is 315 g/mol. The Bertz CT molecular complexity index is 547. The number of Topliss-reactive ketones (excluding diaryl/α,β-unsaturated/α-hetero) is 1. The molecule has 1 amide bonds. The molecule has 0 unspecified atom stereocenters. The van der Waals surface area contributed by atoms with Gasteiger partial charge >= 0.3 is 0 Å². The van der Waals surface area contributed by atoms with Gasteiger partial charge in [0, 0.05) is 18.5 Å². The topological polar surface area (TPSA) is 66.4 Å². The first-order chi connectivity index (χ1) is 11.1. The van der Waals surface area contributed by atoms with Crippen LogP contribution in [0.3, 0.4) is 0 Å². The van der Waals surface area contributed by atoms with Crippen molar-refractivity contribution in [1.29, 1.82) is 0 Å². The van der Waals surface area contributed by atoms with Crippen molar-refractivity contribution in [3.8, 4) is 0 Å². The third kappa shape index (κ3) is 8.73. The number of carbonyl (C=O) groups excluding carboxylic acids is 2. The summed E-state index contributed by atoms with van der Waals surface area (Å²) in [5.74, 6) is -0.202. The summed E-state index contributed by atoms with van der Waals surface area (Å²) in [6, 6.07) is 9.91. The maximum atomic E-state index is 11.9. The largest absolute Gasteiger partial charge is 0.389 e. The van der Waals surface area contributed by atoms with Crippen molar-refractivity contribution >= 4 is 17.8 Å². The number of unbranched alkanes of at least 4 members (excludes halogenated alkanes) is 2. The number of hydrogen-bond donors (Lipinski definition) is 2. The van der Waals surface area contributed by atoms with E-state index >= 15 is 0 Å². The zero-order valence-corrected chi connectivity index (χ0v) is 13.6. The third-order valence-corrected chi connectivity index (χ3v) is 3.39. The molecule has 0 atom stereocenters. The van der Waals surface area contributed by atoms with E-state index in [-0.39, 0.29) is 18.3 Å². The summed E-state index contributed by atoms with van der Waals surface area (Å²) >= 11 is 0. The third-order valence-electron chi connectivity index (χ3n) is 3.39. The molecule has 0 heterocycles. The number of ketones is 1. The van der Waals surface area contributed by atoms with Crippen LogP contribution in [0.25, 0.3) is 6.08 Å². The maximum Gasteiger partial charge on any atom is 0.246 e. The van der Waals surface area contributed by atoms with Crippen LogP contribution in [0.2, 0.25) is 0 Å². The zero-order valence-electron chi connectivity index (χ0n) is 13.6. The lowest BCUT2D eigenvalue weighted by atomic mass is 10.1. The van der Waals surface area contributed by atoms with Gasteiger partial charge in [0.1, 0.15) is 6.61 Å². The highest BCUT2D eigenvalue weighted by Crippen LogP contribution is 2.03. The molecule has 0 spiro atoms. The molecule has 0 aliphatic rings. The van der Waals surface area contributed by atoms with Crippen molar-refractivity contribution in [2.45, 2.75) is 32.6 Å². The van der Waals surface area contributed by atoms with Gasteiger partial charge in [-0.05, 0) is 25.3 Å². The van der Waals surface area contributed by atoms with Crippen LogP contribution in [0, 0.1) is 0 Å². The van der Waals surface area contributed by atoms with Crippen LogP contribution < -0.4 is 5.32 Å². The molecule has 0 radical (unpaired) electrons. The highest BCUT2D eigenvalue weighted by atomic mass is 16.3. The molecular weight excluding hydrogens is 290 g/mol. The second kappa shape index (κ2) is 11.4. The maximum absolute atomic E-state index is 11.9. The lowest BCUT2D eigenvalue weighted by Crippen LogP contribution is -2.25. The molecule has 1 aromatic rings. The SMILES string of the molecule is C/C(=C\C=C\c1ccccc1)C(=O)NCCCCCC(=O)CO. The Hall–Kier alpha value is -2.20. The van der Waals surface area contributed by atoms with E-state index in [4.69, 9.17) is 5.11 Å². The Morgan fingerprint density at radius 1 is 1.13 bits per heavy atom. The van der Waals surface area contributed by atoms with E-state index in [0.29, 0.717) is 18.5 Å². The average Bonchev–Trinajstić information content (AvgIpc) is 2.58. The summed E-state index contributed by atoms with van der Waals surface area (Å²) in [6.07, 6.45) is 8.47. The van der Waals surface area contributed by atoms with Crippen LogP contribution in [0.4, 0.5) is 0 Å². The van der Waals surface area contributed by atoms with Crippen molar-refractivity contribution in [2.75, 3.05) is 13.2 Å². The molecule has 0 saturated heterocycles. The second-order valence-corrected chi connectivity index (χ2v) is 5.38. The van der Waals surface area contributed by atoms with E-state index in [9.17, 15) is 9.59 Å². The van der Waals surface area contributed by atoms with Gasteiger partial charge in [-0.3, -0.25) is 9.59 Å². The number of carbonyl (C=O) groups is 2. The van der Waals surface area contributed by atoms with Crippen molar-refractivity contribution in [2.24, 2.45) is 0 Å². The smallest absolute Gasteiger partial charge is 0.246 e. The lowest BCUT2D eigenvalue weighted by Gasteiger charge is -2.04. The van der Waals surface area contributed by atoms with E-state index in [1.54, 1.807) is 13.0 Å². The molecule has 23 heavy (non-hydrogen) atoms. The highest BCUT2D eigenvalue weighted by molar-refractivity contribution is 5.93. The van der Waals surface area contributed by atoms with Gasteiger partial charge in [-0.1, -0.05) is 55.0 Å². The number of aliphatic hydroxyl groups excluding tert-OH is 1. The van der Waals surface area contributed by atoms with Crippen molar-refractivity contribution in [3.63, 3.8) is 0 Å². The zero-order chi connectivity index (χ0) is 16.9. The van der Waals surface area contributed by atoms with E-state index in [1.165, 1.54) is 0 Å². The van der Waals surface area contributed by atoms with Crippen LogP contribution >= 0.6 is 0 Å². The van der Waals surface area contributed by atoms with Crippen molar-refractivity contribution in [1.82, 2.24) is 5.32 Å². The molecular formula is C19H25NO3. The number of allylic oxidation sites excluding steroid dienone is 2. The van der Waals surface area contributed by atoms with Crippen LogP contribution in [0.1, 0.15) is 38.2 Å². The van der Waals surface area contributed by atoms with Gasteiger partial charge in [0.05, 0.1) is 0 Å². The molecule has 0 saturated carbocycles. The molecule has 124 valence electrons. The second-order valence-electron chi connectivity index (χ2n) is 5.38. The summed E-state index contributed by atoms with van der Waals surface area (Å²) in [7, 11) is 0. The first-order valence-corrected chi connectivity index (χ1v) is 7.94. The lowest BCUT2D eigenvalue weighted by molar-refractivity contribution is -0.122. The fourth-order valence-corrected chi connectivity index (χ4v) is 1.99. The van der Waals surface area contributed by atoms with Gasteiger partial charge in [-0.15, -0.1) is 0 Å². The molecule has 0 aromatic heterocycles. The highest BCUT2D eigenvalue weighted by Gasteiger charge is 2.02. The summed E-state index contributed by atoms with van der Waals surface area (Å²) in [4.78, 5) is 22.8. The Morgan fingerprint density at radius 2 is 1.87 bits per heavy atom. The van der Waals surface area contributed by atoms with Crippen LogP contribution in [-0.2, 0) is 9.59 Å². The van der Waals surface area contributed by atoms with Crippen molar-refractivity contribution < 1.29 is 14.7 Å². The normalized spacial score (nSPS) is 11.7. The van der Waals surface area contributed by atoms with Crippen molar-refractivity contribution in [3.05, 3.63) is 53.6 Å². The standard InChI is InChI=1S/C19H25NO3/c1-16(9-8-12-17-10-4-2-5-11-17)19(23)20-14-7-3-6-13-18(22)15-21/h2,4-5,8-12,21H,3,6-7,13-15H2,1H3,(H,20,23)/b12-8+,16-9+. The van der Waals surface area contributed by atoms with Crippen LogP contribution in [0.5, 0.6) is 0 Å². The fraction of sp³-hybridized carbons (Fsp3) is 0.368. The minimum atomic E-state index is -0.378. The molecule has 1 aromatic carbocycles. The van der Waals surface area contributed by atoms with Gasteiger partial charge in [0.25, 0.3) is 0 Å². The Labute approximate surface area is 137 Å². The van der Waals surface area contributed by atoms with Gasteiger partial charge in [-0.2, -0.15) is 0 Å². The quantitative estimate of drug-likeness (QED) is 0.396. The number of rotatable bonds is 10. The van der Waals surface area contributed by atoms with Gasteiger partial charge in [-0.25, -0.2) is 0 Å². The van der Waals surface area contributed by atoms with Crippen LogP contribution in [0.15, 0.2) is 48.1 Å². The Morgan fingerprint density at radius 3 is 2.57 bits per heavy atom. The van der Waals surface area contributed by atoms with E-state index in [0.717, 1.165) is 24.8 Å². The summed E-state index contributed by atoms with van der Waals surface area (Å²) < 4.78 is 0. The average molecular weight is 315 g/mol. The molecule has 0 aliphatic heterocycles. The minimum absolute atomic E-state index is 0.0749. The Kier molecular flexibility index (Phi) is 9.32. The molecule has 0 fully saturated rings. The van der Waals surface area contributed by atoms with Gasteiger partial charge in [0.2, 0.25) is 5.91 Å². The van der Waals surface area contributed by atoms with Gasteiger partial charge < -0.3 is 10.4 Å². The molecule has 0 aliphatic carbocycles. The number of amides is 1. The summed E-state index contributed by atoms with van der Waals surface area (Å²) in [6.45, 7) is 2.00. The van der Waals surface area contributed by atoms with Gasteiger partial charge in [0.15, 0.2) is 5.78 Å². The number of aliphatic hydroxyl groups is 1. The fourth-order valence-electron chi connectivity index (χ4n) is 1.99. The summed E-state index contributed by atoms with van der Waals surface area (Å²) in [5.41, 5.74) is 1.75.